The number of nitrogens with zero attached hydrogens (tertiary/aromatic N) is 1. The highest BCUT2D eigenvalue weighted by Gasteiger charge is 2.35. The smallest absolute Gasteiger partial charge is 0.339 e. The number of amides is 2. The van der Waals surface area contributed by atoms with E-state index in [1.165, 1.54) is 30.2 Å². The van der Waals surface area contributed by atoms with Crippen molar-refractivity contribution in [3.63, 3.8) is 0 Å². The van der Waals surface area contributed by atoms with Crippen LogP contribution < -0.4 is 8.92 Å². The van der Waals surface area contributed by atoms with Gasteiger partial charge in [-0.3, -0.25) is 14.5 Å². The summed E-state index contributed by atoms with van der Waals surface area (Å²) < 4.78 is 35.9. The summed E-state index contributed by atoms with van der Waals surface area (Å²) in [5.41, 5.74) is 2.33. The predicted octanol–water partition coefficient (Wildman–Crippen LogP) is 5.01. The summed E-state index contributed by atoms with van der Waals surface area (Å²) in [5.74, 6) is -0.203. The van der Waals surface area contributed by atoms with Crippen LogP contribution >= 0.6 is 11.8 Å². The molecule has 1 fully saturated rings. The second-order valence-corrected chi connectivity index (χ2v) is 10.1. The zero-order valence-corrected chi connectivity index (χ0v) is 20.1. The molecule has 0 saturated carbocycles. The second-order valence-electron chi connectivity index (χ2n) is 7.51. The van der Waals surface area contributed by atoms with E-state index < -0.39 is 10.1 Å². The van der Waals surface area contributed by atoms with Crippen molar-refractivity contribution in [1.29, 1.82) is 0 Å². The maximum atomic E-state index is 12.8. The van der Waals surface area contributed by atoms with Crippen LogP contribution in [0.15, 0.2) is 82.6 Å². The van der Waals surface area contributed by atoms with E-state index in [4.69, 9.17) is 8.92 Å². The van der Waals surface area contributed by atoms with Crippen LogP contribution in [0.5, 0.6) is 11.5 Å². The molecule has 0 bridgehead atoms. The average Bonchev–Trinajstić information content (AvgIpc) is 3.08. The quantitative estimate of drug-likeness (QED) is 0.336. The van der Waals surface area contributed by atoms with Gasteiger partial charge in [0.05, 0.1) is 18.6 Å². The van der Waals surface area contributed by atoms with E-state index in [0.717, 1.165) is 22.9 Å². The Morgan fingerprint density at radius 2 is 1.65 bits per heavy atom. The molecule has 0 aliphatic carbocycles. The zero-order chi connectivity index (χ0) is 24.3. The van der Waals surface area contributed by atoms with Crippen molar-refractivity contribution in [2.45, 2.75) is 18.4 Å². The highest BCUT2D eigenvalue weighted by Crippen LogP contribution is 2.36. The van der Waals surface area contributed by atoms with Gasteiger partial charge in [0.25, 0.3) is 11.1 Å². The van der Waals surface area contributed by atoms with E-state index in [2.05, 4.69) is 0 Å². The number of imide groups is 1. The Morgan fingerprint density at radius 3 is 2.32 bits per heavy atom. The maximum absolute atomic E-state index is 12.8. The van der Waals surface area contributed by atoms with Crippen molar-refractivity contribution in [3.8, 4) is 11.5 Å². The average molecular weight is 496 g/mol. The molecule has 3 aromatic rings. The molecule has 34 heavy (non-hydrogen) atoms. The van der Waals surface area contributed by atoms with Crippen LogP contribution in [0.3, 0.4) is 0 Å². The van der Waals surface area contributed by atoms with Gasteiger partial charge >= 0.3 is 10.1 Å². The molecule has 1 aliphatic rings. The van der Waals surface area contributed by atoms with Gasteiger partial charge < -0.3 is 8.92 Å². The van der Waals surface area contributed by atoms with Gasteiger partial charge in [-0.25, -0.2) is 0 Å². The molecule has 0 spiro atoms. The van der Waals surface area contributed by atoms with E-state index in [1.807, 2.05) is 37.3 Å². The fourth-order valence-electron chi connectivity index (χ4n) is 3.27. The van der Waals surface area contributed by atoms with Gasteiger partial charge in [-0.15, -0.1) is 0 Å². The van der Waals surface area contributed by atoms with Crippen molar-refractivity contribution in [1.82, 2.24) is 4.90 Å². The number of hydrogen-bond donors (Lipinski definition) is 0. The summed E-state index contributed by atoms with van der Waals surface area (Å²) in [6.45, 7) is 2.05. The number of aryl methyl sites for hydroxylation is 1. The number of rotatable bonds is 7. The van der Waals surface area contributed by atoms with Crippen molar-refractivity contribution in [3.05, 3.63) is 94.4 Å². The minimum Gasteiger partial charge on any atom is -0.493 e. The largest absolute Gasteiger partial charge is 0.493 e. The number of thioether (sulfide) groups is 1. The summed E-state index contributed by atoms with van der Waals surface area (Å²) in [5, 5.41) is -0.351. The van der Waals surface area contributed by atoms with Gasteiger partial charge in [-0.05, 0) is 60.2 Å². The van der Waals surface area contributed by atoms with Crippen molar-refractivity contribution in [2.24, 2.45) is 0 Å². The first-order valence-electron chi connectivity index (χ1n) is 10.3. The lowest BCUT2D eigenvalue weighted by molar-refractivity contribution is -0.123. The molecule has 2 amide bonds. The van der Waals surface area contributed by atoms with Crippen LogP contribution in [0.1, 0.15) is 16.7 Å². The minimum atomic E-state index is -4.06. The molecule has 174 valence electrons. The third kappa shape index (κ3) is 5.16. The first-order valence-corrected chi connectivity index (χ1v) is 12.5. The number of carbonyl (C=O) groups is 2. The summed E-state index contributed by atoms with van der Waals surface area (Å²) in [7, 11) is -2.67. The molecular weight excluding hydrogens is 474 g/mol. The molecule has 1 heterocycles. The Bertz CT molecular complexity index is 1370. The molecular formula is C25H21NO6S2. The molecule has 1 aliphatic heterocycles. The molecule has 4 rings (SSSR count). The minimum absolute atomic E-state index is 0.0115. The van der Waals surface area contributed by atoms with E-state index >= 15 is 0 Å². The molecule has 1 saturated heterocycles. The fraction of sp³-hybridized carbons (Fsp3) is 0.120. The van der Waals surface area contributed by atoms with Crippen LogP contribution in [0, 0.1) is 6.92 Å². The number of benzene rings is 3. The fourth-order valence-corrected chi connectivity index (χ4v) is 5.05. The van der Waals surface area contributed by atoms with Crippen molar-refractivity contribution < 1.29 is 26.9 Å². The number of methoxy groups -OCH3 is 1. The molecule has 7 nitrogen and oxygen atoms in total. The molecule has 0 atom stereocenters. The number of ether oxygens (including phenoxy) is 1. The Morgan fingerprint density at radius 1 is 0.941 bits per heavy atom. The second kappa shape index (κ2) is 9.74. The van der Waals surface area contributed by atoms with Crippen LogP contribution in [-0.4, -0.2) is 31.6 Å². The lowest BCUT2D eigenvalue weighted by Gasteiger charge is -2.12. The number of hydrogen-bond acceptors (Lipinski definition) is 7. The van der Waals surface area contributed by atoms with Gasteiger partial charge in [0.2, 0.25) is 0 Å². The molecule has 9 heteroatoms. The topological polar surface area (TPSA) is 90.0 Å². The molecule has 0 unspecified atom stereocenters. The van der Waals surface area contributed by atoms with Gasteiger partial charge in [-0.2, -0.15) is 8.42 Å². The standard InChI is InChI=1S/C25H21NO6S2/c1-17-8-11-20(12-9-17)34(29,30)32-21-13-10-19(14-22(21)31-2)15-23-24(27)26(25(28)33-23)16-18-6-4-3-5-7-18/h3-15H,16H2,1-2H3/b23-15-. The normalized spacial score (nSPS) is 15.1. The summed E-state index contributed by atoms with van der Waals surface area (Å²) in [6, 6.07) is 20.1. The van der Waals surface area contributed by atoms with E-state index in [9.17, 15) is 18.0 Å². The van der Waals surface area contributed by atoms with Gasteiger partial charge in [0, 0.05) is 0 Å². The zero-order valence-electron chi connectivity index (χ0n) is 18.4. The van der Waals surface area contributed by atoms with Crippen LogP contribution in [0.2, 0.25) is 0 Å². The van der Waals surface area contributed by atoms with Crippen LogP contribution in [0.4, 0.5) is 4.79 Å². The summed E-state index contributed by atoms with van der Waals surface area (Å²) in [4.78, 5) is 26.7. The van der Waals surface area contributed by atoms with Crippen molar-refractivity contribution in [2.75, 3.05) is 7.11 Å². The number of carbonyl (C=O) groups excluding carboxylic acids is 2. The third-order valence-electron chi connectivity index (χ3n) is 5.05. The Balaban J connectivity index is 1.55. The molecule has 0 radical (unpaired) electrons. The lowest BCUT2D eigenvalue weighted by Crippen LogP contribution is -2.27. The SMILES string of the molecule is COc1cc(/C=C2\SC(=O)N(Cc3ccccc3)C2=O)ccc1OS(=O)(=O)c1ccc(C)cc1. The maximum Gasteiger partial charge on any atom is 0.339 e. The van der Waals surface area contributed by atoms with Gasteiger partial charge in [0.15, 0.2) is 11.5 Å². The predicted molar refractivity (Wildman–Crippen MR) is 130 cm³/mol. The van der Waals surface area contributed by atoms with E-state index in [0.29, 0.717) is 5.56 Å². The molecule has 0 aromatic heterocycles. The van der Waals surface area contributed by atoms with Crippen molar-refractivity contribution >= 4 is 39.1 Å². The Hall–Kier alpha value is -3.56. The third-order valence-corrected chi connectivity index (χ3v) is 7.21. The highest BCUT2D eigenvalue weighted by molar-refractivity contribution is 8.18. The van der Waals surface area contributed by atoms with E-state index in [1.54, 1.807) is 30.3 Å². The first-order chi connectivity index (χ1) is 16.3. The molecule has 0 N–H and O–H groups in total. The summed E-state index contributed by atoms with van der Waals surface area (Å²) in [6.07, 6.45) is 1.57. The highest BCUT2D eigenvalue weighted by atomic mass is 32.2. The van der Waals surface area contributed by atoms with Gasteiger partial charge in [-0.1, -0.05) is 54.1 Å². The Kier molecular flexibility index (Phi) is 6.76. The summed E-state index contributed by atoms with van der Waals surface area (Å²) >= 11 is 0.853. The van der Waals surface area contributed by atoms with E-state index in [-0.39, 0.29) is 39.0 Å². The first kappa shape index (κ1) is 23.6. The van der Waals surface area contributed by atoms with Crippen LogP contribution in [-0.2, 0) is 21.5 Å². The monoisotopic (exact) mass is 495 g/mol. The van der Waals surface area contributed by atoms with Crippen LogP contribution in [0.25, 0.3) is 6.08 Å². The Labute approximate surface area is 202 Å². The van der Waals surface area contributed by atoms with Gasteiger partial charge in [0.1, 0.15) is 4.90 Å². The molecule has 3 aromatic carbocycles. The lowest BCUT2D eigenvalue weighted by atomic mass is 10.1.